The number of nitrogen functional groups attached to an aromatic ring is 1. The molecule has 10 heteroatoms. The Labute approximate surface area is 161 Å². The molecule has 2 N–H and O–H groups in total. The summed E-state index contributed by atoms with van der Waals surface area (Å²) >= 11 is 1.65. The van der Waals surface area contributed by atoms with Crippen LogP contribution in [0.15, 0.2) is 17.8 Å². The molecule has 1 fully saturated rings. The van der Waals surface area contributed by atoms with E-state index in [1.54, 1.807) is 17.7 Å². The lowest BCUT2D eigenvalue weighted by atomic mass is 10.2. The number of hydrogen-bond donors (Lipinski definition) is 1. The van der Waals surface area contributed by atoms with Crippen LogP contribution >= 0.6 is 11.3 Å². The summed E-state index contributed by atoms with van der Waals surface area (Å²) in [6.45, 7) is 5.71. The van der Waals surface area contributed by atoms with Gasteiger partial charge in [-0.2, -0.15) is 15.0 Å². The van der Waals surface area contributed by atoms with Crippen LogP contribution in [0, 0.1) is 0 Å². The molecule has 1 unspecified atom stereocenters. The highest BCUT2D eigenvalue weighted by Crippen LogP contribution is 2.28. The normalized spacial score (nSPS) is 16.6. The predicted molar refractivity (Wildman–Crippen MR) is 108 cm³/mol. The molecular weight excluding hydrogens is 362 g/mol. The Kier molecular flexibility index (Phi) is 4.75. The summed E-state index contributed by atoms with van der Waals surface area (Å²) in [5, 5.41) is 3.19. The van der Waals surface area contributed by atoms with Crippen molar-refractivity contribution in [3.8, 4) is 0 Å². The van der Waals surface area contributed by atoms with Crippen LogP contribution < -0.4 is 15.5 Å². The van der Waals surface area contributed by atoms with Crippen LogP contribution in [0.3, 0.4) is 0 Å². The van der Waals surface area contributed by atoms with Crippen molar-refractivity contribution in [3.63, 3.8) is 0 Å². The van der Waals surface area contributed by atoms with E-state index in [0.717, 1.165) is 42.2 Å². The summed E-state index contributed by atoms with van der Waals surface area (Å²) in [5.74, 6) is 2.58. The highest BCUT2D eigenvalue weighted by Gasteiger charge is 2.26. The Morgan fingerprint density at radius 2 is 1.89 bits per heavy atom. The molecule has 0 aliphatic carbocycles. The maximum Gasteiger partial charge on any atom is 0.229 e. The maximum absolute atomic E-state index is 5.88. The Morgan fingerprint density at radius 3 is 2.63 bits per heavy atom. The summed E-state index contributed by atoms with van der Waals surface area (Å²) in [7, 11) is 3.80. The smallest absolute Gasteiger partial charge is 0.229 e. The van der Waals surface area contributed by atoms with E-state index < -0.39 is 0 Å². The van der Waals surface area contributed by atoms with Crippen LogP contribution in [0.4, 0.5) is 17.7 Å². The van der Waals surface area contributed by atoms with Crippen LogP contribution in [-0.4, -0.2) is 70.1 Å². The Morgan fingerprint density at radius 1 is 1.11 bits per heavy atom. The number of piperazine rings is 1. The van der Waals surface area contributed by atoms with Crippen molar-refractivity contribution >= 4 is 39.3 Å². The lowest BCUT2D eigenvalue weighted by Crippen LogP contribution is -2.47. The number of aromatic nitrogens is 5. The van der Waals surface area contributed by atoms with Crippen LogP contribution in [0.25, 0.3) is 10.2 Å². The van der Waals surface area contributed by atoms with Crippen molar-refractivity contribution in [3.05, 3.63) is 23.6 Å². The van der Waals surface area contributed by atoms with Gasteiger partial charge in [0.2, 0.25) is 11.9 Å². The Hall–Kier alpha value is -2.59. The number of hydrogen-bond acceptors (Lipinski definition) is 10. The van der Waals surface area contributed by atoms with E-state index in [0.29, 0.717) is 11.8 Å². The van der Waals surface area contributed by atoms with E-state index in [1.165, 1.54) is 0 Å². The molecule has 0 spiro atoms. The summed E-state index contributed by atoms with van der Waals surface area (Å²) < 4.78 is 0. The highest BCUT2D eigenvalue weighted by atomic mass is 32.1. The number of rotatable bonds is 4. The second-order valence-electron chi connectivity index (χ2n) is 6.78. The van der Waals surface area contributed by atoms with Gasteiger partial charge < -0.3 is 15.5 Å². The van der Waals surface area contributed by atoms with Gasteiger partial charge in [0.15, 0.2) is 5.82 Å². The van der Waals surface area contributed by atoms with Gasteiger partial charge in [0.1, 0.15) is 17.0 Å². The molecular formula is C17H23N9S. The van der Waals surface area contributed by atoms with E-state index in [9.17, 15) is 0 Å². The number of anilines is 3. The van der Waals surface area contributed by atoms with Gasteiger partial charge in [-0.1, -0.05) is 0 Å². The number of nitrogens with two attached hydrogens (primary N) is 1. The van der Waals surface area contributed by atoms with Gasteiger partial charge in [0.05, 0.1) is 11.4 Å². The van der Waals surface area contributed by atoms with Gasteiger partial charge in [-0.15, -0.1) is 11.3 Å². The van der Waals surface area contributed by atoms with Gasteiger partial charge in [-0.3, -0.25) is 4.90 Å². The Balaban J connectivity index is 1.48. The van der Waals surface area contributed by atoms with Crippen molar-refractivity contribution in [2.75, 3.05) is 55.8 Å². The first-order valence-corrected chi connectivity index (χ1v) is 9.77. The standard InChI is InChI=1S/C17H23N9S/c1-11(13-21-16(18)23-17(22-13)24(2)3)25-5-7-26(8-6-25)14-12-4-9-27-15(12)20-10-19-14/h4,9-11H,5-8H2,1-3H3,(H2,18,21,22,23). The van der Waals surface area contributed by atoms with Gasteiger partial charge in [0, 0.05) is 40.3 Å². The first-order valence-electron chi connectivity index (χ1n) is 8.89. The molecule has 3 aromatic rings. The molecule has 27 heavy (non-hydrogen) atoms. The quantitative estimate of drug-likeness (QED) is 0.714. The highest BCUT2D eigenvalue weighted by molar-refractivity contribution is 7.16. The first-order chi connectivity index (χ1) is 13.0. The molecule has 4 rings (SSSR count). The van der Waals surface area contributed by atoms with Crippen LogP contribution in [0.1, 0.15) is 18.8 Å². The number of thiophene rings is 1. The van der Waals surface area contributed by atoms with Gasteiger partial charge >= 0.3 is 0 Å². The average molecular weight is 386 g/mol. The third-order valence-corrected chi connectivity index (χ3v) is 5.65. The molecule has 4 heterocycles. The molecule has 142 valence electrons. The Bertz CT molecular complexity index is 933. The molecule has 0 bridgehead atoms. The summed E-state index contributed by atoms with van der Waals surface area (Å²) in [5.41, 5.74) is 5.88. The van der Waals surface area contributed by atoms with E-state index in [-0.39, 0.29) is 12.0 Å². The predicted octanol–water partition coefficient (Wildman–Crippen LogP) is 1.41. The zero-order valence-corrected chi connectivity index (χ0v) is 16.5. The largest absolute Gasteiger partial charge is 0.368 e. The SMILES string of the molecule is CC(c1nc(N)nc(N(C)C)n1)N1CCN(c2ncnc3sccc23)CC1. The van der Waals surface area contributed by atoms with Crippen molar-refractivity contribution in [1.29, 1.82) is 0 Å². The molecule has 0 aromatic carbocycles. The molecule has 0 saturated carbocycles. The number of nitrogens with zero attached hydrogens (tertiary/aromatic N) is 8. The van der Waals surface area contributed by atoms with E-state index in [1.807, 2.05) is 19.0 Å². The molecule has 0 radical (unpaired) electrons. The van der Waals surface area contributed by atoms with Gasteiger partial charge in [0.25, 0.3) is 0 Å². The summed E-state index contributed by atoms with van der Waals surface area (Å²) in [6, 6.07) is 2.17. The molecule has 1 atom stereocenters. The van der Waals surface area contributed by atoms with Crippen LogP contribution in [0.2, 0.25) is 0 Å². The maximum atomic E-state index is 5.88. The molecule has 9 nitrogen and oxygen atoms in total. The van der Waals surface area contributed by atoms with Gasteiger partial charge in [-0.25, -0.2) is 9.97 Å². The lowest BCUT2D eigenvalue weighted by Gasteiger charge is -2.38. The fourth-order valence-electron chi connectivity index (χ4n) is 3.30. The topological polar surface area (TPSA) is 100 Å². The van der Waals surface area contributed by atoms with E-state index >= 15 is 0 Å². The minimum absolute atomic E-state index is 0.0720. The van der Waals surface area contributed by atoms with Gasteiger partial charge in [-0.05, 0) is 18.4 Å². The molecule has 3 aromatic heterocycles. The minimum Gasteiger partial charge on any atom is -0.368 e. The second kappa shape index (κ2) is 7.20. The van der Waals surface area contributed by atoms with E-state index in [4.69, 9.17) is 5.73 Å². The zero-order chi connectivity index (χ0) is 19.0. The van der Waals surface area contributed by atoms with Crippen molar-refractivity contribution < 1.29 is 0 Å². The fourth-order valence-corrected chi connectivity index (χ4v) is 4.02. The fraction of sp³-hybridized carbons (Fsp3) is 0.471. The molecule has 1 saturated heterocycles. The van der Waals surface area contributed by atoms with Crippen molar-refractivity contribution in [1.82, 2.24) is 29.8 Å². The van der Waals surface area contributed by atoms with Crippen LogP contribution in [-0.2, 0) is 0 Å². The molecule has 1 aliphatic rings. The van der Waals surface area contributed by atoms with E-state index in [2.05, 4.69) is 53.1 Å². The third kappa shape index (κ3) is 3.50. The summed E-state index contributed by atoms with van der Waals surface area (Å²) in [4.78, 5) is 29.5. The molecule has 1 aliphatic heterocycles. The molecule has 0 amide bonds. The minimum atomic E-state index is 0.0720. The first kappa shape index (κ1) is 17.8. The monoisotopic (exact) mass is 385 g/mol. The third-order valence-electron chi connectivity index (χ3n) is 4.83. The van der Waals surface area contributed by atoms with Crippen molar-refractivity contribution in [2.24, 2.45) is 0 Å². The summed E-state index contributed by atoms with van der Waals surface area (Å²) in [6.07, 6.45) is 1.65. The lowest BCUT2D eigenvalue weighted by molar-refractivity contribution is 0.191. The average Bonchev–Trinajstić information content (AvgIpc) is 3.16. The zero-order valence-electron chi connectivity index (χ0n) is 15.7. The number of fused-ring (bicyclic) bond motifs is 1. The second-order valence-corrected chi connectivity index (χ2v) is 7.68. The van der Waals surface area contributed by atoms with Crippen LogP contribution in [0.5, 0.6) is 0 Å². The van der Waals surface area contributed by atoms with Crippen molar-refractivity contribution in [2.45, 2.75) is 13.0 Å².